The summed E-state index contributed by atoms with van der Waals surface area (Å²) in [5, 5.41) is 2.72. The Balaban J connectivity index is 1.51. The number of carbonyl (C=O) groups is 1. The molecule has 0 unspecified atom stereocenters. The van der Waals surface area contributed by atoms with Gasteiger partial charge in [-0.05, 0) is 46.7 Å². The molecule has 0 saturated carbocycles. The summed E-state index contributed by atoms with van der Waals surface area (Å²) >= 11 is 0. The highest BCUT2D eigenvalue weighted by molar-refractivity contribution is 6.05. The van der Waals surface area contributed by atoms with Crippen LogP contribution in [0.5, 0.6) is 5.88 Å². The maximum atomic E-state index is 14.4. The molecule has 0 aliphatic carbocycles. The van der Waals surface area contributed by atoms with E-state index in [1.807, 2.05) is 6.92 Å². The first kappa shape index (κ1) is 22.9. The lowest BCUT2D eigenvalue weighted by molar-refractivity contribution is 0.102. The molecule has 33 heavy (non-hydrogen) atoms. The number of carbonyl (C=O) groups excluding carboxylic acids is 1. The molecule has 0 atom stereocenters. The fourth-order valence-corrected chi connectivity index (χ4v) is 4.19. The summed E-state index contributed by atoms with van der Waals surface area (Å²) < 4.78 is 21.6. The van der Waals surface area contributed by atoms with Crippen molar-refractivity contribution in [3.8, 4) is 5.88 Å². The molecule has 1 aliphatic heterocycles. The number of amides is 1. The Kier molecular flexibility index (Phi) is 6.73. The quantitative estimate of drug-likeness (QED) is 0.586. The number of nitrogens with zero attached hydrogens (tertiary/aromatic N) is 6. The highest BCUT2D eigenvalue weighted by Crippen LogP contribution is 2.25. The van der Waals surface area contributed by atoms with Gasteiger partial charge in [0, 0.05) is 44.3 Å². The van der Waals surface area contributed by atoms with E-state index in [0.717, 1.165) is 32.5 Å². The molecule has 176 valence electrons. The molecule has 0 bridgehead atoms. The van der Waals surface area contributed by atoms with Gasteiger partial charge in [-0.25, -0.2) is 14.4 Å². The van der Waals surface area contributed by atoms with Crippen LogP contribution in [-0.4, -0.2) is 70.5 Å². The van der Waals surface area contributed by atoms with E-state index < -0.39 is 11.7 Å². The Hall–Kier alpha value is -3.27. The van der Waals surface area contributed by atoms with E-state index >= 15 is 0 Å². The van der Waals surface area contributed by atoms with Crippen molar-refractivity contribution in [3.63, 3.8) is 0 Å². The number of piperidine rings is 1. The summed E-state index contributed by atoms with van der Waals surface area (Å²) in [6.45, 7) is 6.77. The average Bonchev–Trinajstić information content (AvgIpc) is 3.15. The molecular formula is C23H30FN7O2. The maximum absolute atomic E-state index is 14.4. The number of hydrogen-bond donors (Lipinski definition) is 1. The third-order valence-corrected chi connectivity index (χ3v) is 5.67. The number of aromatic nitrogens is 4. The van der Waals surface area contributed by atoms with Crippen molar-refractivity contribution in [2.45, 2.75) is 26.7 Å². The van der Waals surface area contributed by atoms with Crippen molar-refractivity contribution in [2.75, 3.05) is 50.6 Å². The van der Waals surface area contributed by atoms with Gasteiger partial charge in [0.15, 0.2) is 11.5 Å². The fraction of sp³-hybridized carbons (Fsp3) is 0.478. The summed E-state index contributed by atoms with van der Waals surface area (Å²) in [6, 6.07) is 1.24. The van der Waals surface area contributed by atoms with Crippen LogP contribution >= 0.6 is 0 Å². The van der Waals surface area contributed by atoms with Crippen LogP contribution in [-0.2, 0) is 0 Å². The van der Waals surface area contributed by atoms with Gasteiger partial charge in [-0.3, -0.25) is 4.79 Å². The maximum Gasteiger partial charge on any atom is 0.262 e. The van der Waals surface area contributed by atoms with Crippen molar-refractivity contribution in [3.05, 3.63) is 41.7 Å². The summed E-state index contributed by atoms with van der Waals surface area (Å²) in [5.74, 6) is 0.445. The molecule has 1 N–H and O–H groups in total. The normalized spacial score (nSPS) is 14.8. The number of hydrogen-bond acceptors (Lipinski definition) is 7. The van der Waals surface area contributed by atoms with E-state index in [2.05, 4.69) is 44.2 Å². The standard InChI is InChI=1S/C23H30FN7O2/c1-5-33-22-18(11-25-23(28-22)30-8-6-16(7-9-30)13-29(3)4)21(32)27-17-10-19(24)20-26-15(2)12-31(20)14-17/h10-12,14,16H,5-9,13H2,1-4H3,(H,27,32). The van der Waals surface area contributed by atoms with Gasteiger partial charge < -0.3 is 24.3 Å². The highest BCUT2D eigenvalue weighted by Gasteiger charge is 2.24. The van der Waals surface area contributed by atoms with E-state index in [9.17, 15) is 9.18 Å². The van der Waals surface area contributed by atoms with Crippen LogP contribution < -0.4 is 15.0 Å². The lowest BCUT2D eigenvalue weighted by atomic mass is 9.97. The number of anilines is 2. The molecule has 3 aromatic heterocycles. The zero-order valence-electron chi connectivity index (χ0n) is 19.5. The molecule has 9 nitrogen and oxygen atoms in total. The van der Waals surface area contributed by atoms with Crippen LogP contribution in [0, 0.1) is 18.7 Å². The number of pyridine rings is 1. The number of rotatable bonds is 7. The molecular weight excluding hydrogens is 425 g/mol. The third kappa shape index (κ3) is 5.22. The SMILES string of the molecule is CCOc1nc(N2CCC(CN(C)C)CC2)ncc1C(=O)Nc1cc(F)c2nc(C)cn2c1. The van der Waals surface area contributed by atoms with Crippen LogP contribution in [0.2, 0.25) is 0 Å². The Morgan fingerprint density at radius 1 is 1.27 bits per heavy atom. The molecule has 3 aromatic rings. The minimum Gasteiger partial charge on any atom is -0.477 e. The average molecular weight is 456 g/mol. The van der Waals surface area contributed by atoms with E-state index in [4.69, 9.17) is 4.74 Å². The van der Waals surface area contributed by atoms with Gasteiger partial charge in [0.2, 0.25) is 11.8 Å². The van der Waals surface area contributed by atoms with Gasteiger partial charge in [-0.15, -0.1) is 0 Å². The minimum absolute atomic E-state index is 0.199. The van der Waals surface area contributed by atoms with Gasteiger partial charge in [0.05, 0.1) is 18.0 Å². The lowest BCUT2D eigenvalue weighted by Crippen LogP contribution is -2.38. The van der Waals surface area contributed by atoms with Crippen LogP contribution in [0.4, 0.5) is 16.0 Å². The largest absolute Gasteiger partial charge is 0.477 e. The second-order valence-electron chi connectivity index (χ2n) is 8.66. The van der Waals surface area contributed by atoms with Gasteiger partial charge in [-0.2, -0.15) is 4.98 Å². The number of fused-ring (bicyclic) bond motifs is 1. The first-order chi connectivity index (χ1) is 15.8. The van der Waals surface area contributed by atoms with Crippen molar-refractivity contribution < 1.29 is 13.9 Å². The molecule has 0 aromatic carbocycles. The minimum atomic E-state index is -0.518. The predicted molar refractivity (Wildman–Crippen MR) is 125 cm³/mol. The van der Waals surface area contributed by atoms with Crippen molar-refractivity contribution in [2.24, 2.45) is 5.92 Å². The van der Waals surface area contributed by atoms with E-state index in [1.54, 1.807) is 23.7 Å². The molecule has 4 heterocycles. The monoisotopic (exact) mass is 455 g/mol. The molecule has 0 radical (unpaired) electrons. The van der Waals surface area contributed by atoms with Crippen molar-refractivity contribution in [1.29, 1.82) is 0 Å². The molecule has 1 saturated heterocycles. The molecule has 10 heteroatoms. The van der Waals surface area contributed by atoms with Gasteiger partial charge in [0.25, 0.3) is 5.91 Å². The van der Waals surface area contributed by atoms with Gasteiger partial charge in [0.1, 0.15) is 5.56 Å². The number of ether oxygens (including phenoxy) is 1. The lowest BCUT2D eigenvalue weighted by Gasteiger charge is -2.33. The first-order valence-corrected chi connectivity index (χ1v) is 11.2. The van der Waals surface area contributed by atoms with E-state index in [-0.39, 0.29) is 17.1 Å². The Morgan fingerprint density at radius 2 is 2.03 bits per heavy atom. The van der Waals surface area contributed by atoms with Gasteiger partial charge in [-0.1, -0.05) is 0 Å². The molecule has 1 amide bonds. The van der Waals surface area contributed by atoms with Crippen molar-refractivity contribution >= 4 is 23.2 Å². The smallest absolute Gasteiger partial charge is 0.262 e. The summed E-state index contributed by atoms with van der Waals surface area (Å²) in [7, 11) is 4.19. The Labute approximate surface area is 192 Å². The number of nitrogens with one attached hydrogen (secondary N) is 1. The zero-order valence-corrected chi connectivity index (χ0v) is 19.5. The van der Waals surface area contributed by atoms with Crippen LogP contribution in [0.25, 0.3) is 5.65 Å². The fourth-order valence-electron chi connectivity index (χ4n) is 4.19. The Morgan fingerprint density at radius 3 is 2.73 bits per heavy atom. The Bertz CT molecular complexity index is 1140. The van der Waals surface area contributed by atoms with Gasteiger partial charge >= 0.3 is 0 Å². The first-order valence-electron chi connectivity index (χ1n) is 11.2. The molecule has 0 spiro atoms. The molecule has 1 fully saturated rings. The topological polar surface area (TPSA) is 87.9 Å². The second-order valence-corrected chi connectivity index (χ2v) is 8.66. The highest BCUT2D eigenvalue weighted by atomic mass is 19.1. The number of imidazole rings is 1. The number of halogens is 1. The van der Waals surface area contributed by atoms with E-state index in [1.165, 1.54) is 12.3 Å². The summed E-state index contributed by atoms with van der Waals surface area (Å²) in [4.78, 5) is 30.4. The van der Waals surface area contributed by atoms with Crippen LogP contribution in [0.15, 0.2) is 24.7 Å². The predicted octanol–water partition coefficient (Wildman–Crippen LogP) is 3.00. The van der Waals surface area contributed by atoms with Crippen LogP contribution in [0.3, 0.4) is 0 Å². The number of aryl methyl sites for hydroxylation is 1. The van der Waals surface area contributed by atoms with Crippen molar-refractivity contribution in [1.82, 2.24) is 24.3 Å². The third-order valence-electron chi connectivity index (χ3n) is 5.67. The van der Waals surface area contributed by atoms with Crippen LogP contribution in [0.1, 0.15) is 35.8 Å². The summed E-state index contributed by atoms with van der Waals surface area (Å²) in [5.41, 5.74) is 1.40. The zero-order chi connectivity index (χ0) is 23.5. The summed E-state index contributed by atoms with van der Waals surface area (Å²) in [6.07, 6.45) is 6.92. The molecule has 1 aliphatic rings. The second kappa shape index (κ2) is 9.70. The van der Waals surface area contributed by atoms with E-state index in [0.29, 0.717) is 29.9 Å². The molecule has 4 rings (SSSR count).